The van der Waals surface area contributed by atoms with Crippen molar-refractivity contribution in [1.29, 1.82) is 0 Å². The van der Waals surface area contributed by atoms with E-state index in [2.05, 4.69) is 5.32 Å². The number of methoxy groups -OCH3 is 1. The molecule has 0 bridgehead atoms. The Balaban J connectivity index is 2.45. The SMILES string of the molecule is CO[C@H]1O[C@H]([C@H](C)NC(=O)OC(C)(C)C)CC[C@@H]1O. The summed E-state index contributed by atoms with van der Waals surface area (Å²) in [6.45, 7) is 7.28. The molecule has 0 aromatic heterocycles. The minimum atomic E-state index is -0.637. The average Bonchev–Trinajstić information content (AvgIpc) is 2.26. The third kappa shape index (κ3) is 5.34. The Kier molecular flexibility index (Phi) is 5.58. The largest absolute Gasteiger partial charge is 0.444 e. The number of ether oxygens (including phenoxy) is 3. The van der Waals surface area contributed by atoms with E-state index in [0.29, 0.717) is 12.8 Å². The van der Waals surface area contributed by atoms with Crippen LogP contribution in [-0.4, -0.2) is 48.5 Å². The highest BCUT2D eigenvalue weighted by Crippen LogP contribution is 2.22. The number of alkyl carbamates (subject to hydrolysis) is 1. The molecular weight excluding hydrogens is 250 g/mol. The summed E-state index contributed by atoms with van der Waals surface area (Å²) >= 11 is 0. The first-order chi connectivity index (χ1) is 8.73. The third-order valence-corrected chi connectivity index (χ3v) is 2.90. The molecule has 19 heavy (non-hydrogen) atoms. The van der Waals surface area contributed by atoms with Crippen LogP contribution >= 0.6 is 0 Å². The van der Waals surface area contributed by atoms with Crippen LogP contribution in [0.15, 0.2) is 0 Å². The highest BCUT2D eigenvalue weighted by Gasteiger charge is 2.33. The van der Waals surface area contributed by atoms with Gasteiger partial charge in [-0.05, 0) is 40.5 Å². The smallest absolute Gasteiger partial charge is 0.407 e. The van der Waals surface area contributed by atoms with Gasteiger partial charge in [0.05, 0.1) is 12.1 Å². The van der Waals surface area contributed by atoms with Gasteiger partial charge in [0.1, 0.15) is 11.7 Å². The molecule has 6 heteroatoms. The lowest BCUT2D eigenvalue weighted by Gasteiger charge is -2.36. The van der Waals surface area contributed by atoms with Crippen molar-refractivity contribution in [1.82, 2.24) is 5.32 Å². The predicted molar refractivity (Wildman–Crippen MR) is 69.7 cm³/mol. The molecule has 6 nitrogen and oxygen atoms in total. The fraction of sp³-hybridized carbons (Fsp3) is 0.923. The first-order valence-electron chi connectivity index (χ1n) is 6.59. The van der Waals surface area contributed by atoms with Crippen molar-refractivity contribution in [2.45, 2.75) is 70.7 Å². The van der Waals surface area contributed by atoms with E-state index < -0.39 is 24.1 Å². The number of aliphatic hydroxyl groups excluding tert-OH is 1. The Morgan fingerprint density at radius 3 is 2.58 bits per heavy atom. The van der Waals surface area contributed by atoms with Gasteiger partial charge in [-0.15, -0.1) is 0 Å². The fourth-order valence-corrected chi connectivity index (χ4v) is 1.97. The number of rotatable bonds is 3. The van der Waals surface area contributed by atoms with Crippen LogP contribution in [0.4, 0.5) is 4.79 Å². The van der Waals surface area contributed by atoms with Gasteiger partial charge in [-0.25, -0.2) is 4.79 Å². The first-order valence-corrected chi connectivity index (χ1v) is 6.59. The van der Waals surface area contributed by atoms with Crippen LogP contribution in [0.1, 0.15) is 40.5 Å². The summed E-state index contributed by atoms with van der Waals surface area (Å²) in [5.41, 5.74) is -0.525. The number of carbonyl (C=O) groups excluding carboxylic acids is 1. The maximum atomic E-state index is 11.7. The van der Waals surface area contributed by atoms with Crippen molar-refractivity contribution in [3.63, 3.8) is 0 Å². The molecule has 1 aliphatic heterocycles. The summed E-state index contributed by atoms with van der Waals surface area (Å²) in [5.74, 6) is 0. The second-order valence-electron chi connectivity index (χ2n) is 5.86. The zero-order chi connectivity index (χ0) is 14.6. The van der Waals surface area contributed by atoms with Gasteiger partial charge in [-0.2, -0.15) is 0 Å². The number of nitrogens with one attached hydrogen (secondary N) is 1. The maximum Gasteiger partial charge on any atom is 0.407 e. The molecule has 1 fully saturated rings. The number of hydrogen-bond acceptors (Lipinski definition) is 5. The van der Waals surface area contributed by atoms with Gasteiger partial charge in [0, 0.05) is 7.11 Å². The molecule has 2 N–H and O–H groups in total. The van der Waals surface area contributed by atoms with Gasteiger partial charge >= 0.3 is 6.09 Å². The standard InChI is InChI=1S/C13H25NO5/c1-8(14-12(16)19-13(2,3)4)10-7-6-9(15)11(17-5)18-10/h8-11,15H,6-7H2,1-5H3,(H,14,16)/t8-,9-,10-,11-/m0/s1. The second-order valence-corrected chi connectivity index (χ2v) is 5.86. The molecule has 1 saturated heterocycles. The maximum absolute atomic E-state index is 11.7. The summed E-state index contributed by atoms with van der Waals surface area (Å²) in [7, 11) is 1.49. The van der Waals surface area contributed by atoms with Gasteiger partial charge in [-0.3, -0.25) is 0 Å². The van der Waals surface area contributed by atoms with Crippen molar-refractivity contribution in [2.75, 3.05) is 7.11 Å². The molecule has 1 aliphatic rings. The summed E-state index contributed by atoms with van der Waals surface area (Å²) < 4.78 is 15.8. The highest BCUT2D eigenvalue weighted by atomic mass is 16.7. The van der Waals surface area contributed by atoms with Crippen molar-refractivity contribution < 1.29 is 24.1 Å². The summed E-state index contributed by atoms with van der Waals surface area (Å²) in [6.07, 6.45) is -0.664. The van der Waals surface area contributed by atoms with Gasteiger partial charge in [0.25, 0.3) is 0 Å². The van der Waals surface area contributed by atoms with Gasteiger partial charge < -0.3 is 24.6 Å². The first kappa shape index (κ1) is 16.2. The molecule has 1 rings (SSSR count). The molecule has 0 spiro atoms. The zero-order valence-corrected chi connectivity index (χ0v) is 12.3. The molecule has 1 heterocycles. The van der Waals surface area contributed by atoms with Crippen molar-refractivity contribution in [3.8, 4) is 0 Å². The Morgan fingerprint density at radius 2 is 2.05 bits per heavy atom. The molecule has 0 aromatic rings. The quantitative estimate of drug-likeness (QED) is 0.814. The average molecular weight is 275 g/mol. The molecule has 0 radical (unpaired) electrons. The summed E-state index contributed by atoms with van der Waals surface area (Å²) in [5, 5.41) is 12.4. The van der Waals surface area contributed by atoms with Crippen LogP contribution in [0.25, 0.3) is 0 Å². The summed E-state index contributed by atoms with van der Waals surface area (Å²) in [6, 6.07) is -0.208. The normalized spacial score (nSPS) is 29.7. The molecule has 0 aliphatic carbocycles. The minimum Gasteiger partial charge on any atom is -0.444 e. The molecule has 112 valence electrons. The number of carbonyl (C=O) groups is 1. The number of hydrogen-bond donors (Lipinski definition) is 2. The van der Waals surface area contributed by atoms with E-state index in [1.54, 1.807) is 0 Å². The van der Waals surface area contributed by atoms with Crippen LogP contribution in [0, 0.1) is 0 Å². The van der Waals surface area contributed by atoms with Crippen LogP contribution < -0.4 is 5.32 Å². The lowest BCUT2D eigenvalue weighted by atomic mass is 10.0. The highest BCUT2D eigenvalue weighted by molar-refractivity contribution is 5.68. The van der Waals surface area contributed by atoms with Crippen molar-refractivity contribution in [2.24, 2.45) is 0 Å². The Hall–Kier alpha value is -0.850. The molecule has 1 amide bonds. The lowest BCUT2D eigenvalue weighted by Crippen LogP contribution is -2.50. The molecule has 0 saturated carbocycles. The van der Waals surface area contributed by atoms with E-state index in [4.69, 9.17) is 14.2 Å². The van der Waals surface area contributed by atoms with Gasteiger partial charge in [0.2, 0.25) is 0 Å². The Morgan fingerprint density at radius 1 is 1.42 bits per heavy atom. The van der Waals surface area contributed by atoms with Crippen LogP contribution in [-0.2, 0) is 14.2 Å². The van der Waals surface area contributed by atoms with Crippen molar-refractivity contribution >= 4 is 6.09 Å². The van der Waals surface area contributed by atoms with Crippen LogP contribution in [0.2, 0.25) is 0 Å². The van der Waals surface area contributed by atoms with E-state index in [9.17, 15) is 9.90 Å². The van der Waals surface area contributed by atoms with E-state index in [1.165, 1.54) is 7.11 Å². The number of aliphatic hydroxyl groups is 1. The monoisotopic (exact) mass is 275 g/mol. The predicted octanol–water partition coefficient (Wildman–Crippen LogP) is 1.41. The van der Waals surface area contributed by atoms with E-state index in [-0.39, 0.29) is 12.1 Å². The molecule has 0 unspecified atom stereocenters. The van der Waals surface area contributed by atoms with Crippen molar-refractivity contribution in [3.05, 3.63) is 0 Å². The molecular formula is C13H25NO5. The second kappa shape index (κ2) is 6.54. The lowest BCUT2D eigenvalue weighted by molar-refractivity contribution is -0.232. The van der Waals surface area contributed by atoms with Crippen LogP contribution in [0.3, 0.4) is 0 Å². The van der Waals surface area contributed by atoms with E-state index in [1.807, 2.05) is 27.7 Å². The topological polar surface area (TPSA) is 77.0 Å². The third-order valence-electron chi connectivity index (χ3n) is 2.90. The number of amides is 1. The van der Waals surface area contributed by atoms with Gasteiger partial charge in [-0.1, -0.05) is 0 Å². The van der Waals surface area contributed by atoms with E-state index >= 15 is 0 Å². The Bertz CT molecular complexity index is 302. The fourth-order valence-electron chi connectivity index (χ4n) is 1.97. The Labute approximate surface area is 114 Å². The van der Waals surface area contributed by atoms with E-state index in [0.717, 1.165) is 0 Å². The molecule has 0 aromatic carbocycles. The zero-order valence-electron chi connectivity index (χ0n) is 12.3. The van der Waals surface area contributed by atoms with Gasteiger partial charge in [0.15, 0.2) is 6.29 Å². The summed E-state index contributed by atoms with van der Waals surface area (Å²) in [4.78, 5) is 11.7. The minimum absolute atomic E-state index is 0.194. The molecule has 4 atom stereocenters. The van der Waals surface area contributed by atoms with Crippen LogP contribution in [0.5, 0.6) is 0 Å².